The van der Waals surface area contributed by atoms with Crippen LogP contribution in [0.15, 0.2) is 33.1 Å². The van der Waals surface area contributed by atoms with Crippen LogP contribution in [0.25, 0.3) is 10.4 Å². The first-order chi connectivity index (χ1) is 12.5. The van der Waals surface area contributed by atoms with E-state index in [1.807, 2.05) is 26.0 Å². The average molecular weight is 393 g/mol. The largest absolute Gasteiger partial charge is 0.361 e. The number of aromatic nitrogens is 3. The van der Waals surface area contributed by atoms with Crippen molar-refractivity contribution < 1.29 is 12.9 Å². The molecule has 1 aliphatic heterocycles. The van der Waals surface area contributed by atoms with Crippen molar-refractivity contribution in [2.75, 3.05) is 13.1 Å². The molecular formula is C17H20N4O3S2. The van der Waals surface area contributed by atoms with Crippen LogP contribution in [0.3, 0.4) is 0 Å². The van der Waals surface area contributed by atoms with Crippen molar-refractivity contribution in [1.29, 1.82) is 0 Å². The highest BCUT2D eigenvalue weighted by atomic mass is 32.2. The molecule has 1 aliphatic rings. The number of hydrogen-bond donors (Lipinski definition) is 1. The van der Waals surface area contributed by atoms with Gasteiger partial charge >= 0.3 is 0 Å². The molecule has 0 aromatic carbocycles. The van der Waals surface area contributed by atoms with E-state index >= 15 is 0 Å². The Labute approximate surface area is 156 Å². The molecule has 4 heterocycles. The summed E-state index contributed by atoms with van der Waals surface area (Å²) in [5.41, 5.74) is 2.74. The van der Waals surface area contributed by atoms with E-state index in [0.717, 1.165) is 34.7 Å². The summed E-state index contributed by atoms with van der Waals surface area (Å²) in [4.78, 5) is 0.868. The van der Waals surface area contributed by atoms with Crippen LogP contribution in [-0.4, -0.2) is 41.2 Å². The van der Waals surface area contributed by atoms with Crippen molar-refractivity contribution in [2.24, 2.45) is 0 Å². The quantitative estimate of drug-likeness (QED) is 0.735. The van der Waals surface area contributed by atoms with Crippen LogP contribution in [-0.2, 0) is 10.0 Å². The summed E-state index contributed by atoms with van der Waals surface area (Å²) < 4.78 is 33.2. The van der Waals surface area contributed by atoms with Crippen molar-refractivity contribution in [3.05, 3.63) is 41.5 Å². The molecule has 138 valence electrons. The molecule has 0 amide bonds. The standard InChI is InChI=1S/C17H20N4O3S2/c1-11-17(12(2)24-20-11)15-3-4-16(25-15)26(22,23)21-9-6-13(7-10-21)14-5-8-18-19-14/h3-5,8,13H,6-7,9-10H2,1-2H3,(H,18,19). The highest BCUT2D eigenvalue weighted by Gasteiger charge is 2.31. The molecule has 9 heteroatoms. The maximum atomic E-state index is 13.0. The summed E-state index contributed by atoms with van der Waals surface area (Å²) in [5, 5.41) is 10.9. The molecule has 1 N–H and O–H groups in total. The van der Waals surface area contributed by atoms with Gasteiger partial charge in [-0.2, -0.15) is 9.40 Å². The molecule has 0 aliphatic carbocycles. The van der Waals surface area contributed by atoms with Crippen molar-refractivity contribution in [2.45, 2.75) is 36.8 Å². The van der Waals surface area contributed by atoms with Gasteiger partial charge in [0.05, 0.1) is 11.3 Å². The van der Waals surface area contributed by atoms with Crippen LogP contribution in [0.2, 0.25) is 0 Å². The SMILES string of the molecule is Cc1noc(C)c1-c1ccc(S(=O)(=O)N2CCC(c3ccn[nH]3)CC2)s1. The molecule has 26 heavy (non-hydrogen) atoms. The number of nitrogens with zero attached hydrogens (tertiary/aromatic N) is 3. The van der Waals surface area contributed by atoms with Crippen molar-refractivity contribution in [1.82, 2.24) is 19.7 Å². The van der Waals surface area contributed by atoms with Gasteiger partial charge in [0.2, 0.25) is 0 Å². The Balaban J connectivity index is 1.53. The van der Waals surface area contributed by atoms with Crippen molar-refractivity contribution >= 4 is 21.4 Å². The van der Waals surface area contributed by atoms with E-state index in [1.165, 1.54) is 11.3 Å². The Morgan fingerprint density at radius 2 is 2.00 bits per heavy atom. The van der Waals surface area contributed by atoms with E-state index in [-0.39, 0.29) is 0 Å². The van der Waals surface area contributed by atoms with Gasteiger partial charge in [0.15, 0.2) is 0 Å². The van der Waals surface area contributed by atoms with Crippen LogP contribution in [0.1, 0.15) is 35.9 Å². The van der Waals surface area contributed by atoms with E-state index in [9.17, 15) is 8.42 Å². The fourth-order valence-corrected chi connectivity index (χ4v) is 6.53. The second-order valence-corrected chi connectivity index (χ2v) is 9.76. The molecule has 0 spiro atoms. The van der Waals surface area contributed by atoms with E-state index in [2.05, 4.69) is 15.4 Å². The number of nitrogens with one attached hydrogen (secondary N) is 1. The third-order valence-electron chi connectivity index (χ3n) is 4.87. The molecule has 0 atom stereocenters. The normalized spacial score (nSPS) is 17.0. The first kappa shape index (κ1) is 17.4. The molecule has 0 radical (unpaired) electrons. The second-order valence-electron chi connectivity index (χ2n) is 6.51. The highest BCUT2D eigenvalue weighted by Crippen LogP contribution is 2.37. The van der Waals surface area contributed by atoms with Gasteiger partial charge in [-0.3, -0.25) is 5.10 Å². The summed E-state index contributed by atoms with van der Waals surface area (Å²) in [5.74, 6) is 1.04. The zero-order chi connectivity index (χ0) is 18.3. The number of H-pyrrole nitrogens is 1. The fourth-order valence-electron chi connectivity index (χ4n) is 3.46. The molecule has 1 saturated heterocycles. The van der Waals surface area contributed by atoms with E-state index in [0.29, 0.717) is 29.0 Å². The lowest BCUT2D eigenvalue weighted by Crippen LogP contribution is -2.37. The summed E-state index contributed by atoms with van der Waals surface area (Å²) in [6.45, 7) is 4.73. The van der Waals surface area contributed by atoms with E-state index in [4.69, 9.17) is 4.52 Å². The first-order valence-electron chi connectivity index (χ1n) is 8.49. The zero-order valence-corrected chi connectivity index (χ0v) is 16.2. The van der Waals surface area contributed by atoms with E-state index < -0.39 is 10.0 Å². The molecule has 4 rings (SSSR count). The van der Waals surface area contributed by atoms with Gasteiger partial charge in [-0.1, -0.05) is 5.16 Å². The van der Waals surface area contributed by atoms with E-state index in [1.54, 1.807) is 16.6 Å². The van der Waals surface area contributed by atoms with Gasteiger partial charge in [-0.15, -0.1) is 11.3 Å². The minimum absolute atomic E-state index is 0.338. The predicted molar refractivity (Wildman–Crippen MR) is 98.6 cm³/mol. The second kappa shape index (κ2) is 6.64. The molecule has 1 fully saturated rings. The van der Waals surface area contributed by atoms with Gasteiger partial charge in [0.1, 0.15) is 9.97 Å². The molecule has 0 unspecified atom stereocenters. The fraction of sp³-hybridized carbons (Fsp3) is 0.412. The van der Waals surface area contributed by atoms with Crippen LogP contribution >= 0.6 is 11.3 Å². The number of sulfonamides is 1. The molecule has 7 nitrogen and oxygen atoms in total. The number of rotatable bonds is 4. The number of hydrogen-bond acceptors (Lipinski definition) is 6. The maximum absolute atomic E-state index is 13.0. The first-order valence-corrected chi connectivity index (χ1v) is 10.7. The molecule has 0 bridgehead atoms. The smallest absolute Gasteiger partial charge is 0.252 e. The Kier molecular flexibility index (Phi) is 4.45. The van der Waals surface area contributed by atoms with Crippen LogP contribution < -0.4 is 0 Å². The van der Waals surface area contributed by atoms with Crippen molar-refractivity contribution in [3.8, 4) is 10.4 Å². The molecular weight excluding hydrogens is 372 g/mol. The zero-order valence-electron chi connectivity index (χ0n) is 14.6. The maximum Gasteiger partial charge on any atom is 0.252 e. The van der Waals surface area contributed by atoms with Crippen LogP contribution in [0.5, 0.6) is 0 Å². The van der Waals surface area contributed by atoms with Crippen LogP contribution in [0.4, 0.5) is 0 Å². The monoisotopic (exact) mass is 392 g/mol. The minimum atomic E-state index is -3.48. The third-order valence-corrected chi connectivity index (χ3v) is 8.34. The number of piperidine rings is 1. The van der Waals surface area contributed by atoms with Gasteiger partial charge < -0.3 is 4.52 Å². The average Bonchev–Trinajstić information content (AvgIpc) is 3.37. The Morgan fingerprint density at radius 1 is 1.23 bits per heavy atom. The highest BCUT2D eigenvalue weighted by molar-refractivity contribution is 7.91. The summed E-state index contributed by atoms with van der Waals surface area (Å²) >= 11 is 1.27. The Morgan fingerprint density at radius 3 is 2.62 bits per heavy atom. The van der Waals surface area contributed by atoms with Gasteiger partial charge in [-0.25, -0.2) is 8.42 Å². The lowest BCUT2D eigenvalue weighted by Gasteiger charge is -2.30. The van der Waals surface area contributed by atoms with Crippen LogP contribution in [0, 0.1) is 13.8 Å². The molecule has 0 saturated carbocycles. The van der Waals surface area contributed by atoms with Crippen molar-refractivity contribution in [3.63, 3.8) is 0 Å². The van der Waals surface area contributed by atoms with Gasteiger partial charge in [-0.05, 0) is 44.9 Å². The third kappa shape index (κ3) is 3.00. The lowest BCUT2D eigenvalue weighted by molar-refractivity contribution is 0.317. The lowest BCUT2D eigenvalue weighted by atomic mass is 9.95. The summed E-state index contributed by atoms with van der Waals surface area (Å²) in [6, 6.07) is 5.48. The Bertz CT molecular complexity index is 977. The number of aromatic amines is 1. The minimum Gasteiger partial charge on any atom is -0.361 e. The number of thiophene rings is 1. The molecule has 3 aromatic rings. The summed E-state index contributed by atoms with van der Waals surface area (Å²) in [6.07, 6.45) is 3.33. The van der Waals surface area contributed by atoms with Gasteiger partial charge in [0, 0.05) is 35.8 Å². The Hall–Kier alpha value is -1.97. The van der Waals surface area contributed by atoms with Gasteiger partial charge in [0.25, 0.3) is 10.0 Å². The molecule has 3 aromatic heterocycles. The topological polar surface area (TPSA) is 92.1 Å². The number of aryl methyl sites for hydroxylation is 2. The predicted octanol–water partition coefficient (Wildman–Crippen LogP) is 3.31. The summed E-state index contributed by atoms with van der Waals surface area (Å²) in [7, 11) is -3.48.